The molecule has 0 aliphatic heterocycles. The molecule has 13 heavy (non-hydrogen) atoms. The zero-order chi connectivity index (χ0) is 10.6. The fourth-order valence-electron chi connectivity index (χ4n) is 0.760. The van der Waals surface area contributed by atoms with Gasteiger partial charge in [0.05, 0.1) is 0 Å². The summed E-state index contributed by atoms with van der Waals surface area (Å²) in [6, 6.07) is 0. The van der Waals surface area contributed by atoms with Crippen LogP contribution in [0.5, 0.6) is 0 Å². The van der Waals surface area contributed by atoms with Crippen molar-refractivity contribution in [1.82, 2.24) is 5.32 Å². The summed E-state index contributed by atoms with van der Waals surface area (Å²) in [5, 5.41) is 12.1. The molecule has 0 aromatic carbocycles. The number of amides is 1. The van der Waals surface area contributed by atoms with Gasteiger partial charge in [0, 0.05) is 6.54 Å². The van der Waals surface area contributed by atoms with Crippen LogP contribution in [0.4, 0.5) is 0 Å². The van der Waals surface area contributed by atoms with Crippen LogP contribution in [0.25, 0.3) is 0 Å². The third-order valence-electron chi connectivity index (χ3n) is 1.69. The highest BCUT2D eigenvalue weighted by atomic mass is 16.3. The van der Waals surface area contributed by atoms with Gasteiger partial charge >= 0.3 is 0 Å². The lowest BCUT2D eigenvalue weighted by Crippen LogP contribution is -2.41. The summed E-state index contributed by atoms with van der Waals surface area (Å²) in [6.45, 7) is 10.3. The molecule has 3 heteroatoms. The summed E-state index contributed by atoms with van der Waals surface area (Å²) in [5.74, 6) is -0.301. The smallest absolute Gasteiger partial charge is 0.249 e. The number of aliphatic hydroxyl groups excluding tert-OH is 1. The number of aliphatic hydroxyl groups is 1. The van der Waals surface area contributed by atoms with Gasteiger partial charge in [-0.2, -0.15) is 0 Å². The van der Waals surface area contributed by atoms with E-state index in [0.29, 0.717) is 6.54 Å². The Morgan fingerprint density at radius 2 is 1.85 bits per heavy atom. The third kappa shape index (κ3) is 5.64. The van der Waals surface area contributed by atoms with Crippen LogP contribution in [-0.4, -0.2) is 23.7 Å². The minimum Gasteiger partial charge on any atom is -0.383 e. The Balaban J connectivity index is 3.89. The van der Waals surface area contributed by atoms with Gasteiger partial charge in [0.25, 0.3) is 0 Å². The number of nitrogens with one attached hydrogen (secondary N) is 1. The van der Waals surface area contributed by atoms with Crippen molar-refractivity contribution in [2.45, 2.75) is 40.7 Å². The Morgan fingerprint density at radius 1 is 1.38 bits per heavy atom. The molecule has 78 valence electrons. The van der Waals surface area contributed by atoms with Crippen molar-refractivity contribution in [2.24, 2.45) is 11.3 Å². The van der Waals surface area contributed by atoms with E-state index >= 15 is 0 Å². The maximum Gasteiger partial charge on any atom is 0.249 e. The van der Waals surface area contributed by atoms with E-state index in [0.717, 1.165) is 0 Å². The van der Waals surface area contributed by atoms with Crippen molar-refractivity contribution in [2.75, 3.05) is 6.54 Å². The van der Waals surface area contributed by atoms with Crippen molar-refractivity contribution in [3.05, 3.63) is 0 Å². The summed E-state index contributed by atoms with van der Waals surface area (Å²) in [4.78, 5) is 11.3. The lowest BCUT2D eigenvalue weighted by atomic mass is 9.96. The average molecular weight is 187 g/mol. The molecule has 0 rings (SSSR count). The van der Waals surface area contributed by atoms with Gasteiger partial charge in [-0.3, -0.25) is 4.79 Å². The van der Waals surface area contributed by atoms with Crippen LogP contribution in [0.3, 0.4) is 0 Å². The zero-order valence-corrected chi connectivity index (χ0v) is 9.22. The summed E-state index contributed by atoms with van der Waals surface area (Å²) in [6.07, 6.45) is -0.887. The van der Waals surface area contributed by atoms with E-state index in [4.69, 9.17) is 0 Å². The minimum absolute atomic E-state index is 0.0278. The Labute approximate surface area is 80.5 Å². The van der Waals surface area contributed by atoms with E-state index in [9.17, 15) is 9.90 Å². The third-order valence-corrected chi connectivity index (χ3v) is 1.69. The first kappa shape index (κ1) is 12.4. The minimum atomic E-state index is -0.887. The molecule has 0 saturated carbocycles. The van der Waals surface area contributed by atoms with Gasteiger partial charge < -0.3 is 10.4 Å². The first-order chi connectivity index (χ1) is 5.74. The quantitative estimate of drug-likeness (QED) is 0.696. The van der Waals surface area contributed by atoms with E-state index < -0.39 is 6.10 Å². The zero-order valence-electron chi connectivity index (χ0n) is 9.22. The molecule has 0 aromatic heterocycles. The van der Waals surface area contributed by atoms with Gasteiger partial charge in [-0.1, -0.05) is 34.6 Å². The van der Waals surface area contributed by atoms with Crippen molar-refractivity contribution in [1.29, 1.82) is 0 Å². The fraction of sp³-hybridized carbons (Fsp3) is 0.900. The Hall–Kier alpha value is -0.570. The maximum atomic E-state index is 11.3. The first-order valence-electron chi connectivity index (χ1n) is 4.70. The summed E-state index contributed by atoms with van der Waals surface area (Å²) in [5.41, 5.74) is 0.0619. The van der Waals surface area contributed by atoms with Gasteiger partial charge in [0.2, 0.25) is 5.91 Å². The molecule has 3 nitrogen and oxygen atoms in total. The van der Waals surface area contributed by atoms with Crippen molar-refractivity contribution in [3.8, 4) is 0 Å². The number of hydrogen-bond acceptors (Lipinski definition) is 2. The van der Waals surface area contributed by atoms with Crippen molar-refractivity contribution >= 4 is 5.91 Å². The monoisotopic (exact) mass is 187 g/mol. The van der Waals surface area contributed by atoms with Gasteiger partial charge in [0.1, 0.15) is 6.10 Å². The number of rotatable bonds is 3. The molecule has 0 aliphatic carbocycles. The number of carbonyl (C=O) groups is 1. The van der Waals surface area contributed by atoms with E-state index in [1.807, 2.05) is 34.6 Å². The van der Waals surface area contributed by atoms with Crippen molar-refractivity contribution in [3.63, 3.8) is 0 Å². The average Bonchev–Trinajstić information content (AvgIpc) is 1.97. The molecule has 0 bridgehead atoms. The Kier molecular flexibility index (Phi) is 4.40. The molecule has 1 amide bonds. The van der Waals surface area contributed by atoms with E-state index in [1.165, 1.54) is 0 Å². The highest BCUT2D eigenvalue weighted by Crippen LogP contribution is 2.10. The Morgan fingerprint density at radius 3 is 2.15 bits per heavy atom. The second kappa shape index (κ2) is 4.61. The van der Waals surface area contributed by atoms with Crippen LogP contribution >= 0.6 is 0 Å². The van der Waals surface area contributed by atoms with Crippen LogP contribution in [0.1, 0.15) is 34.6 Å². The van der Waals surface area contributed by atoms with Gasteiger partial charge in [-0.25, -0.2) is 0 Å². The second-order valence-electron chi connectivity index (χ2n) is 4.97. The van der Waals surface area contributed by atoms with Crippen LogP contribution in [0.15, 0.2) is 0 Å². The molecule has 2 N–H and O–H groups in total. The Bertz CT molecular complexity index is 170. The van der Waals surface area contributed by atoms with Crippen LogP contribution in [0.2, 0.25) is 0 Å². The molecule has 0 aromatic rings. The second-order valence-corrected chi connectivity index (χ2v) is 4.97. The SMILES string of the molecule is CC(C)C(O)C(=O)NCC(C)(C)C. The summed E-state index contributed by atoms with van der Waals surface area (Å²) in [7, 11) is 0. The number of hydrogen-bond donors (Lipinski definition) is 2. The largest absolute Gasteiger partial charge is 0.383 e. The van der Waals surface area contributed by atoms with E-state index in [1.54, 1.807) is 0 Å². The molecule has 0 fully saturated rings. The van der Waals surface area contributed by atoms with Gasteiger partial charge in [-0.05, 0) is 11.3 Å². The number of carbonyl (C=O) groups excluding carboxylic acids is 1. The molecule has 0 radical (unpaired) electrons. The van der Waals surface area contributed by atoms with E-state index in [2.05, 4.69) is 5.32 Å². The predicted octanol–water partition coefficient (Wildman–Crippen LogP) is 1.17. The van der Waals surface area contributed by atoms with Crippen LogP contribution < -0.4 is 5.32 Å². The molecule has 0 saturated heterocycles. The molecule has 0 aliphatic rings. The maximum absolute atomic E-state index is 11.3. The van der Waals surface area contributed by atoms with Crippen molar-refractivity contribution < 1.29 is 9.90 Å². The summed E-state index contributed by atoms with van der Waals surface area (Å²) < 4.78 is 0. The lowest BCUT2D eigenvalue weighted by Gasteiger charge is -2.21. The normalized spacial score (nSPS) is 14.4. The predicted molar refractivity (Wildman–Crippen MR) is 53.3 cm³/mol. The first-order valence-corrected chi connectivity index (χ1v) is 4.70. The topological polar surface area (TPSA) is 49.3 Å². The molecule has 1 atom stereocenters. The summed E-state index contributed by atoms with van der Waals surface area (Å²) >= 11 is 0. The molecule has 1 unspecified atom stereocenters. The molecular weight excluding hydrogens is 166 g/mol. The fourth-order valence-corrected chi connectivity index (χ4v) is 0.760. The molecule has 0 heterocycles. The highest BCUT2D eigenvalue weighted by Gasteiger charge is 2.20. The highest BCUT2D eigenvalue weighted by molar-refractivity contribution is 5.80. The standard InChI is InChI=1S/C10H21NO2/c1-7(2)8(12)9(13)11-6-10(3,4)5/h7-8,12H,6H2,1-5H3,(H,11,13). The van der Waals surface area contributed by atoms with Gasteiger partial charge in [-0.15, -0.1) is 0 Å². The van der Waals surface area contributed by atoms with E-state index in [-0.39, 0.29) is 17.2 Å². The lowest BCUT2D eigenvalue weighted by molar-refractivity contribution is -0.131. The molecule has 0 spiro atoms. The van der Waals surface area contributed by atoms with Crippen LogP contribution in [-0.2, 0) is 4.79 Å². The molecular formula is C10H21NO2. The van der Waals surface area contributed by atoms with Gasteiger partial charge in [0.15, 0.2) is 0 Å². The van der Waals surface area contributed by atoms with Crippen LogP contribution in [0, 0.1) is 11.3 Å².